The maximum atomic E-state index is 12.8. The summed E-state index contributed by atoms with van der Waals surface area (Å²) in [5, 5.41) is 0. The first-order valence-electron chi connectivity index (χ1n) is 8.56. The first kappa shape index (κ1) is 17.7. The Morgan fingerprint density at radius 3 is 2.67 bits per heavy atom. The average molecular weight is 374 g/mol. The van der Waals surface area contributed by atoms with Crippen molar-refractivity contribution in [1.82, 2.24) is 19.9 Å². The predicted octanol–water partition coefficient (Wildman–Crippen LogP) is 4.02. The van der Waals surface area contributed by atoms with Crippen LogP contribution in [0.5, 0.6) is 0 Å². The zero-order valence-corrected chi connectivity index (χ0v) is 14.6. The van der Waals surface area contributed by atoms with Crippen LogP contribution < -0.4 is 0 Å². The summed E-state index contributed by atoms with van der Waals surface area (Å²) in [6.07, 6.45) is -2.79. The van der Waals surface area contributed by atoms with Gasteiger partial charge in [0, 0.05) is 43.4 Å². The Bertz CT molecular complexity index is 953. The molecular formula is C19H17F3N4O. The van der Waals surface area contributed by atoms with Crippen molar-refractivity contribution in [3.05, 3.63) is 65.1 Å². The molecule has 1 aliphatic rings. The number of fused-ring (bicyclic) bond motifs is 1. The van der Waals surface area contributed by atoms with Crippen molar-refractivity contribution >= 4 is 0 Å². The van der Waals surface area contributed by atoms with Gasteiger partial charge >= 0.3 is 6.18 Å². The molecule has 0 atom stereocenters. The highest BCUT2D eigenvalue weighted by Crippen LogP contribution is 2.28. The third kappa shape index (κ3) is 3.71. The molecule has 0 amide bonds. The van der Waals surface area contributed by atoms with E-state index in [0.29, 0.717) is 37.6 Å². The molecule has 8 heteroatoms. The molecule has 0 N–H and O–H groups in total. The number of halogens is 3. The number of alkyl halides is 3. The number of aromatic nitrogens is 3. The number of benzene rings is 1. The molecule has 1 aliphatic heterocycles. The second kappa shape index (κ2) is 6.77. The summed E-state index contributed by atoms with van der Waals surface area (Å²) in [6.45, 7) is 3.52. The number of nitrogens with zero attached hydrogens (tertiary/aromatic N) is 4. The summed E-state index contributed by atoms with van der Waals surface area (Å²) in [5.74, 6) is 0.233. The van der Waals surface area contributed by atoms with Gasteiger partial charge in [-0.1, -0.05) is 18.2 Å². The van der Waals surface area contributed by atoms with Gasteiger partial charge in [-0.2, -0.15) is 13.2 Å². The van der Waals surface area contributed by atoms with E-state index in [1.807, 2.05) is 37.3 Å². The van der Waals surface area contributed by atoms with Gasteiger partial charge in [0.1, 0.15) is 5.76 Å². The number of rotatable bonds is 3. The van der Waals surface area contributed by atoms with Crippen molar-refractivity contribution in [2.45, 2.75) is 32.6 Å². The summed E-state index contributed by atoms with van der Waals surface area (Å²) >= 11 is 0. The fraction of sp³-hybridized carbons (Fsp3) is 0.316. The van der Waals surface area contributed by atoms with Gasteiger partial charge in [0.25, 0.3) is 0 Å². The van der Waals surface area contributed by atoms with Crippen LogP contribution >= 0.6 is 0 Å². The van der Waals surface area contributed by atoms with Crippen LogP contribution in [0, 0.1) is 6.92 Å². The smallest absolute Gasteiger partial charge is 0.441 e. The Kier molecular flexibility index (Phi) is 4.43. The van der Waals surface area contributed by atoms with Gasteiger partial charge in [-0.05, 0) is 19.1 Å². The molecule has 3 heterocycles. The monoisotopic (exact) mass is 374 g/mol. The summed E-state index contributed by atoms with van der Waals surface area (Å²) in [6, 6.07) is 9.64. The normalized spacial score (nSPS) is 15.0. The molecule has 0 saturated heterocycles. The van der Waals surface area contributed by atoms with E-state index in [2.05, 4.69) is 19.9 Å². The van der Waals surface area contributed by atoms with Crippen LogP contribution in [-0.2, 0) is 25.7 Å². The summed E-state index contributed by atoms with van der Waals surface area (Å²) in [4.78, 5) is 13.9. The lowest BCUT2D eigenvalue weighted by molar-refractivity contribution is -0.145. The predicted molar refractivity (Wildman–Crippen MR) is 91.5 cm³/mol. The first-order valence-corrected chi connectivity index (χ1v) is 8.56. The Labute approximate surface area is 153 Å². The molecule has 0 bridgehead atoms. The number of hydrogen-bond acceptors (Lipinski definition) is 5. The molecule has 27 heavy (non-hydrogen) atoms. The van der Waals surface area contributed by atoms with Crippen molar-refractivity contribution in [1.29, 1.82) is 0 Å². The van der Waals surface area contributed by atoms with Crippen molar-refractivity contribution in [3.8, 4) is 11.5 Å². The zero-order valence-electron chi connectivity index (χ0n) is 14.6. The highest BCUT2D eigenvalue weighted by molar-refractivity contribution is 5.53. The van der Waals surface area contributed by atoms with Gasteiger partial charge in [0.2, 0.25) is 11.7 Å². The summed E-state index contributed by atoms with van der Waals surface area (Å²) in [7, 11) is 0. The molecule has 0 unspecified atom stereocenters. The zero-order chi connectivity index (χ0) is 19.0. The molecule has 0 saturated carbocycles. The van der Waals surface area contributed by atoms with Crippen molar-refractivity contribution in [2.24, 2.45) is 0 Å². The van der Waals surface area contributed by atoms with Crippen LogP contribution in [0.4, 0.5) is 13.2 Å². The van der Waals surface area contributed by atoms with Crippen LogP contribution in [0.1, 0.15) is 28.5 Å². The minimum atomic E-state index is -4.52. The quantitative estimate of drug-likeness (QED) is 0.693. The van der Waals surface area contributed by atoms with Crippen molar-refractivity contribution < 1.29 is 17.6 Å². The van der Waals surface area contributed by atoms with Gasteiger partial charge in [-0.3, -0.25) is 4.90 Å². The second-order valence-electron chi connectivity index (χ2n) is 6.51. The maximum Gasteiger partial charge on any atom is 0.451 e. The lowest BCUT2D eigenvalue weighted by atomic mass is 10.1. The molecule has 0 radical (unpaired) electrons. The molecule has 5 nitrogen and oxygen atoms in total. The summed E-state index contributed by atoms with van der Waals surface area (Å²) < 4.78 is 44.0. The van der Waals surface area contributed by atoms with E-state index in [4.69, 9.17) is 4.42 Å². The second-order valence-corrected chi connectivity index (χ2v) is 6.51. The Morgan fingerprint density at radius 1 is 1.15 bits per heavy atom. The van der Waals surface area contributed by atoms with E-state index in [0.717, 1.165) is 22.6 Å². The number of hydrogen-bond donors (Lipinski definition) is 0. The average Bonchev–Trinajstić information content (AvgIpc) is 3.02. The fourth-order valence-electron chi connectivity index (χ4n) is 3.14. The van der Waals surface area contributed by atoms with Gasteiger partial charge in [0.15, 0.2) is 0 Å². The third-order valence-corrected chi connectivity index (χ3v) is 4.55. The van der Waals surface area contributed by atoms with E-state index in [1.165, 1.54) is 6.20 Å². The number of oxazole rings is 1. The number of aryl methyl sites for hydroxylation is 1. The van der Waals surface area contributed by atoms with Crippen LogP contribution in [0.2, 0.25) is 0 Å². The fourth-order valence-corrected chi connectivity index (χ4v) is 3.14. The highest BCUT2D eigenvalue weighted by Gasteiger charge is 2.35. The standard InChI is InChI=1S/C19H17F3N4O/c1-12-16(24-17(27-12)13-5-3-2-4-6-13)11-26-8-7-15-14(10-26)9-23-18(25-15)19(20,21)22/h2-6,9H,7-8,10-11H2,1H3. The topological polar surface area (TPSA) is 55.1 Å². The Balaban J connectivity index is 1.50. The van der Waals surface area contributed by atoms with Gasteiger partial charge in [-0.25, -0.2) is 15.0 Å². The van der Waals surface area contributed by atoms with E-state index < -0.39 is 12.0 Å². The third-order valence-electron chi connectivity index (χ3n) is 4.55. The molecule has 2 aromatic heterocycles. The summed E-state index contributed by atoms with van der Waals surface area (Å²) in [5.41, 5.74) is 2.92. The SMILES string of the molecule is Cc1oc(-c2ccccc2)nc1CN1CCc2nc(C(F)(F)F)ncc2C1. The highest BCUT2D eigenvalue weighted by atomic mass is 19.4. The Hall–Kier alpha value is -2.74. The van der Waals surface area contributed by atoms with E-state index in [9.17, 15) is 13.2 Å². The van der Waals surface area contributed by atoms with Crippen molar-refractivity contribution in [2.75, 3.05) is 6.54 Å². The van der Waals surface area contributed by atoms with Crippen LogP contribution in [0.25, 0.3) is 11.5 Å². The van der Waals surface area contributed by atoms with E-state index in [-0.39, 0.29) is 0 Å². The first-order chi connectivity index (χ1) is 12.9. The molecule has 0 aliphatic carbocycles. The molecular weight excluding hydrogens is 357 g/mol. The van der Waals surface area contributed by atoms with Gasteiger partial charge in [0.05, 0.1) is 11.4 Å². The minimum Gasteiger partial charge on any atom is -0.441 e. The maximum absolute atomic E-state index is 12.8. The van der Waals surface area contributed by atoms with Crippen LogP contribution in [-0.4, -0.2) is 26.4 Å². The molecule has 1 aromatic carbocycles. The van der Waals surface area contributed by atoms with Crippen LogP contribution in [0.15, 0.2) is 40.9 Å². The molecule has 0 spiro atoms. The van der Waals surface area contributed by atoms with Gasteiger partial charge in [-0.15, -0.1) is 0 Å². The van der Waals surface area contributed by atoms with Crippen molar-refractivity contribution in [3.63, 3.8) is 0 Å². The lowest BCUT2D eigenvalue weighted by Crippen LogP contribution is -2.32. The van der Waals surface area contributed by atoms with Crippen LogP contribution in [0.3, 0.4) is 0 Å². The molecule has 4 rings (SSSR count). The largest absolute Gasteiger partial charge is 0.451 e. The minimum absolute atomic E-state index is 0.448. The Morgan fingerprint density at radius 2 is 1.93 bits per heavy atom. The molecule has 140 valence electrons. The van der Waals surface area contributed by atoms with E-state index in [1.54, 1.807) is 0 Å². The molecule has 0 fully saturated rings. The van der Waals surface area contributed by atoms with Gasteiger partial charge < -0.3 is 4.42 Å². The van der Waals surface area contributed by atoms with E-state index >= 15 is 0 Å². The molecule has 3 aromatic rings. The lowest BCUT2D eigenvalue weighted by Gasteiger charge is -2.27.